The van der Waals surface area contributed by atoms with Crippen molar-refractivity contribution in [1.82, 2.24) is 9.97 Å². The topological polar surface area (TPSA) is 46.0 Å². The third-order valence-electron chi connectivity index (χ3n) is 3.78. The molecule has 0 bridgehead atoms. The van der Waals surface area contributed by atoms with Gasteiger partial charge in [-0.25, -0.2) is 9.97 Å². The molecule has 1 aliphatic rings. The summed E-state index contributed by atoms with van der Waals surface area (Å²) in [5.41, 5.74) is 4.43. The first-order chi connectivity index (χ1) is 10.7. The first-order valence-corrected chi connectivity index (χ1v) is 8.19. The molecule has 0 amide bonds. The Morgan fingerprint density at radius 2 is 1.91 bits per heavy atom. The van der Waals surface area contributed by atoms with Gasteiger partial charge < -0.3 is 5.11 Å². The van der Waals surface area contributed by atoms with Crippen molar-refractivity contribution in [1.29, 1.82) is 0 Å². The van der Waals surface area contributed by atoms with E-state index in [1.165, 1.54) is 0 Å². The van der Waals surface area contributed by atoms with Crippen molar-refractivity contribution in [2.24, 2.45) is 0 Å². The van der Waals surface area contributed by atoms with Crippen LogP contribution in [0.4, 0.5) is 0 Å². The van der Waals surface area contributed by atoms with Gasteiger partial charge in [-0.05, 0) is 48.4 Å². The van der Waals surface area contributed by atoms with Gasteiger partial charge in [-0.3, -0.25) is 0 Å². The van der Waals surface area contributed by atoms with Gasteiger partial charge in [-0.2, -0.15) is 0 Å². The summed E-state index contributed by atoms with van der Waals surface area (Å²) in [7, 11) is 0. The lowest BCUT2D eigenvalue weighted by Crippen LogP contribution is -2.11. The van der Waals surface area contributed by atoms with E-state index in [9.17, 15) is 5.11 Å². The molecule has 3 rings (SSSR count). The number of allylic oxidation sites excluding steroid dienone is 1. The quantitative estimate of drug-likeness (QED) is 0.909. The number of thiophene rings is 1. The molecule has 112 valence electrons. The third-order valence-corrected chi connectivity index (χ3v) is 4.66. The van der Waals surface area contributed by atoms with Crippen molar-refractivity contribution in [2.45, 2.75) is 25.4 Å². The van der Waals surface area contributed by atoms with Crippen LogP contribution in [0.15, 0.2) is 36.7 Å². The van der Waals surface area contributed by atoms with Gasteiger partial charge in [0.2, 0.25) is 0 Å². The van der Waals surface area contributed by atoms with Crippen LogP contribution in [-0.2, 0) is 0 Å². The molecular weight excluding hydrogens is 292 g/mol. The zero-order valence-corrected chi connectivity index (χ0v) is 13.1. The molecule has 0 aliphatic heterocycles. The number of rotatable bonds is 4. The van der Waals surface area contributed by atoms with E-state index in [4.69, 9.17) is 9.97 Å². The summed E-state index contributed by atoms with van der Waals surface area (Å²) in [6.45, 7) is 7.64. The molecule has 3 nitrogen and oxygen atoms in total. The van der Waals surface area contributed by atoms with E-state index in [2.05, 4.69) is 25.3 Å². The largest absolute Gasteiger partial charge is 0.393 e. The highest BCUT2D eigenvalue weighted by Gasteiger charge is 2.20. The first-order valence-electron chi connectivity index (χ1n) is 7.31. The molecule has 1 aliphatic carbocycles. The predicted molar refractivity (Wildman–Crippen MR) is 93.4 cm³/mol. The molecule has 0 radical (unpaired) electrons. The molecule has 1 unspecified atom stereocenters. The fourth-order valence-corrected chi connectivity index (χ4v) is 3.32. The van der Waals surface area contributed by atoms with Gasteiger partial charge in [0.1, 0.15) is 5.69 Å². The van der Waals surface area contributed by atoms with Gasteiger partial charge in [-0.1, -0.05) is 25.3 Å². The Balaban J connectivity index is 2.18. The second-order valence-corrected chi connectivity index (χ2v) is 6.18. The second-order valence-electron chi connectivity index (χ2n) is 5.23. The maximum atomic E-state index is 9.70. The molecule has 0 saturated heterocycles. The molecule has 0 aromatic carbocycles. The summed E-state index contributed by atoms with van der Waals surface area (Å²) in [6, 6.07) is 4.07. The maximum absolute atomic E-state index is 9.70. The highest BCUT2D eigenvalue weighted by Crippen LogP contribution is 2.34. The van der Waals surface area contributed by atoms with Crippen LogP contribution in [-0.4, -0.2) is 21.2 Å². The van der Waals surface area contributed by atoms with Crippen molar-refractivity contribution in [3.05, 3.63) is 53.8 Å². The molecule has 2 aromatic rings. The summed E-state index contributed by atoms with van der Waals surface area (Å²) in [5, 5.41) is 11.7. The number of hydrogen-bond donors (Lipinski definition) is 1. The van der Waals surface area contributed by atoms with Gasteiger partial charge >= 0.3 is 0 Å². The van der Waals surface area contributed by atoms with Crippen LogP contribution in [0.2, 0.25) is 0 Å². The van der Waals surface area contributed by atoms with E-state index >= 15 is 0 Å². The average molecular weight is 310 g/mol. The fraction of sp³-hybridized carbons (Fsp3) is 0.222. The molecule has 0 fully saturated rings. The predicted octanol–water partition coefficient (Wildman–Crippen LogP) is 4.42. The highest BCUT2D eigenvalue weighted by atomic mass is 32.1. The zero-order chi connectivity index (χ0) is 15.5. The van der Waals surface area contributed by atoms with Crippen molar-refractivity contribution in [3.8, 4) is 10.6 Å². The van der Waals surface area contributed by atoms with Crippen LogP contribution >= 0.6 is 11.3 Å². The smallest absolute Gasteiger partial charge is 0.107 e. The van der Waals surface area contributed by atoms with Crippen molar-refractivity contribution < 1.29 is 5.11 Å². The molecule has 0 saturated carbocycles. The Labute approximate surface area is 134 Å². The van der Waals surface area contributed by atoms with E-state index in [-0.39, 0.29) is 6.10 Å². The first kappa shape index (κ1) is 14.9. The summed E-state index contributed by atoms with van der Waals surface area (Å²) in [5.74, 6) is 0. The Hall–Kier alpha value is -2.04. The Morgan fingerprint density at radius 3 is 2.45 bits per heavy atom. The third kappa shape index (κ3) is 2.80. The molecular formula is C18H18N2OS. The number of aromatic nitrogens is 2. The van der Waals surface area contributed by atoms with Crippen molar-refractivity contribution >= 4 is 29.1 Å². The number of hydrogen-bond acceptors (Lipinski definition) is 4. The molecule has 4 heteroatoms. The van der Waals surface area contributed by atoms with Crippen LogP contribution in [0.5, 0.6) is 0 Å². The SMILES string of the molecule is C=Cc1nc(C2=CCC(O)CC2)c(-c2cccs2)nc1C=C. The van der Waals surface area contributed by atoms with Crippen LogP contribution < -0.4 is 0 Å². The number of aliphatic hydroxyl groups excluding tert-OH is 1. The van der Waals surface area contributed by atoms with Crippen LogP contribution in [0.3, 0.4) is 0 Å². The van der Waals surface area contributed by atoms with Crippen molar-refractivity contribution in [2.75, 3.05) is 0 Å². The van der Waals surface area contributed by atoms with Gasteiger partial charge in [-0.15, -0.1) is 11.3 Å². The minimum absolute atomic E-state index is 0.242. The maximum Gasteiger partial charge on any atom is 0.107 e. The van der Waals surface area contributed by atoms with Crippen molar-refractivity contribution in [3.63, 3.8) is 0 Å². The second kappa shape index (κ2) is 6.38. The van der Waals surface area contributed by atoms with E-state index in [0.29, 0.717) is 6.42 Å². The van der Waals surface area contributed by atoms with Crippen LogP contribution in [0.1, 0.15) is 36.3 Å². The number of nitrogens with zero attached hydrogens (tertiary/aromatic N) is 2. The van der Waals surface area contributed by atoms with E-state index < -0.39 is 0 Å². The lowest BCUT2D eigenvalue weighted by atomic mass is 9.93. The molecule has 0 spiro atoms. The minimum Gasteiger partial charge on any atom is -0.393 e. The average Bonchev–Trinajstić information content (AvgIpc) is 3.08. The molecule has 2 heterocycles. The fourth-order valence-electron chi connectivity index (χ4n) is 2.61. The summed E-state index contributed by atoms with van der Waals surface area (Å²) in [4.78, 5) is 10.6. The zero-order valence-electron chi connectivity index (χ0n) is 12.3. The van der Waals surface area contributed by atoms with E-state index in [0.717, 1.165) is 46.1 Å². The molecule has 1 N–H and O–H groups in total. The highest BCUT2D eigenvalue weighted by molar-refractivity contribution is 7.13. The molecule has 2 aromatic heterocycles. The molecule has 1 atom stereocenters. The summed E-state index contributed by atoms with van der Waals surface area (Å²) < 4.78 is 0. The van der Waals surface area contributed by atoms with E-state index in [1.54, 1.807) is 23.5 Å². The lowest BCUT2D eigenvalue weighted by Gasteiger charge is -2.19. The summed E-state index contributed by atoms with van der Waals surface area (Å²) >= 11 is 1.65. The van der Waals surface area contributed by atoms with E-state index in [1.807, 2.05) is 11.4 Å². The monoisotopic (exact) mass is 310 g/mol. The Kier molecular flexibility index (Phi) is 4.32. The lowest BCUT2D eigenvalue weighted by molar-refractivity contribution is 0.166. The van der Waals surface area contributed by atoms with Crippen LogP contribution in [0.25, 0.3) is 28.3 Å². The van der Waals surface area contributed by atoms with Gasteiger partial charge in [0, 0.05) is 0 Å². The molecule has 22 heavy (non-hydrogen) atoms. The Bertz CT molecular complexity index is 732. The number of aliphatic hydroxyl groups is 1. The summed E-state index contributed by atoms with van der Waals surface area (Å²) in [6.07, 6.45) is 7.52. The van der Waals surface area contributed by atoms with Gasteiger partial charge in [0.05, 0.1) is 28.1 Å². The standard InChI is InChI=1S/C18H18N2OS/c1-3-14-15(4-2)20-18(16-6-5-11-22-16)17(19-14)12-7-9-13(21)10-8-12/h3-7,11,13,21H,1-2,8-10H2. The van der Waals surface area contributed by atoms with Gasteiger partial charge in [0.15, 0.2) is 0 Å². The van der Waals surface area contributed by atoms with Crippen LogP contribution in [0, 0.1) is 0 Å². The minimum atomic E-state index is -0.242. The normalized spacial score (nSPS) is 17.9. The Morgan fingerprint density at radius 1 is 1.18 bits per heavy atom. The van der Waals surface area contributed by atoms with Gasteiger partial charge in [0.25, 0.3) is 0 Å².